The van der Waals surface area contributed by atoms with Crippen molar-refractivity contribution in [2.75, 3.05) is 6.61 Å². The van der Waals surface area contributed by atoms with Gasteiger partial charge in [-0.25, -0.2) is 4.79 Å². The van der Waals surface area contributed by atoms with E-state index in [9.17, 15) is 9.59 Å². The van der Waals surface area contributed by atoms with Crippen LogP contribution in [0, 0.1) is 0 Å². The van der Waals surface area contributed by atoms with Crippen molar-refractivity contribution in [3.63, 3.8) is 0 Å². The van der Waals surface area contributed by atoms with Gasteiger partial charge in [-0.05, 0) is 24.6 Å². The summed E-state index contributed by atoms with van der Waals surface area (Å²) in [6.07, 6.45) is -0.687. The van der Waals surface area contributed by atoms with Crippen LogP contribution < -0.4 is 0 Å². The Morgan fingerprint density at radius 2 is 2.18 bits per heavy atom. The van der Waals surface area contributed by atoms with E-state index in [1.54, 1.807) is 6.92 Å². The lowest BCUT2D eigenvalue weighted by atomic mass is 10.1. The molecule has 22 heavy (non-hydrogen) atoms. The van der Waals surface area contributed by atoms with Gasteiger partial charge in [0.25, 0.3) is 0 Å². The van der Waals surface area contributed by atoms with Gasteiger partial charge in [0.1, 0.15) is 0 Å². The van der Waals surface area contributed by atoms with Gasteiger partial charge < -0.3 is 9.84 Å². The van der Waals surface area contributed by atoms with E-state index in [-0.39, 0.29) is 13.0 Å². The molecular weight excluding hydrogens is 284 g/mol. The monoisotopic (exact) mass is 300 g/mol. The van der Waals surface area contributed by atoms with Crippen molar-refractivity contribution < 1.29 is 19.4 Å². The van der Waals surface area contributed by atoms with Gasteiger partial charge in [0, 0.05) is 5.39 Å². The fraction of sp³-hybridized carbons (Fsp3) is 0.312. The molecule has 0 radical (unpaired) electrons. The third-order valence-corrected chi connectivity index (χ3v) is 3.74. The number of carbonyl (C=O) groups excluding carboxylic acids is 1. The quantitative estimate of drug-likeness (QED) is 0.942. The minimum absolute atomic E-state index is 0.183. The number of carboxylic acids is 1. The Balaban J connectivity index is 2.04. The van der Waals surface area contributed by atoms with Crippen LogP contribution in [0.5, 0.6) is 0 Å². The molecule has 114 valence electrons. The van der Waals surface area contributed by atoms with Crippen LogP contribution in [0.25, 0.3) is 10.9 Å². The van der Waals surface area contributed by atoms with Gasteiger partial charge in [0.05, 0.1) is 36.8 Å². The molecule has 2 aromatic rings. The Hall–Kier alpha value is -2.63. The highest BCUT2D eigenvalue weighted by Crippen LogP contribution is 2.36. The topological polar surface area (TPSA) is 79.7 Å². The molecule has 1 aliphatic heterocycles. The second-order valence-corrected chi connectivity index (χ2v) is 5.17. The van der Waals surface area contributed by atoms with Gasteiger partial charge in [-0.3, -0.25) is 14.7 Å². The third-order valence-electron chi connectivity index (χ3n) is 3.74. The molecular formula is C16H16N2O4. The van der Waals surface area contributed by atoms with E-state index < -0.39 is 18.1 Å². The minimum atomic E-state index is -0.970. The lowest BCUT2D eigenvalue weighted by Gasteiger charge is -2.22. The number of aromatic nitrogens is 1. The van der Waals surface area contributed by atoms with E-state index in [4.69, 9.17) is 9.84 Å². The summed E-state index contributed by atoms with van der Waals surface area (Å²) in [5.74, 6) is -0.970. The molecule has 1 aromatic heterocycles. The second kappa shape index (κ2) is 5.63. The molecule has 0 bridgehead atoms. The minimum Gasteiger partial charge on any atom is -0.481 e. The highest BCUT2D eigenvalue weighted by molar-refractivity contribution is 5.81. The molecule has 2 heterocycles. The van der Waals surface area contributed by atoms with Crippen molar-refractivity contribution in [3.8, 4) is 0 Å². The standard InChI is InChI=1S/C16H16N2O4/c1-2-22-16(21)18-9-11-7-10-5-3-4-6-12(10)17-15(11)13(18)8-14(19)20/h3-7,13H,2,8-9H2,1H3,(H,19,20)/t13-/m1/s1. The average Bonchev–Trinajstić information content (AvgIpc) is 2.82. The Morgan fingerprint density at radius 3 is 2.91 bits per heavy atom. The van der Waals surface area contributed by atoms with Gasteiger partial charge >= 0.3 is 12.1 Å². The largest absolute Gasteiger partial charge is 0.481 e. The lowest BCUT2D eigenvalue weighted by Crippen LogP contribution is -2.31. The maximum absolute atomic E-state index is 12.1. The first-order valence-electron chi connectivity index (χ1n) is 7.14. The van der Waals surface area contributed by atoms with Crippen molar-refractivity contribution in [1.29, 1.82) is 0 Å². The van der Waals surface area contributed by atoms with Gasteiger partial charge in [0.15, 0.2) is 0 Å². The zero-order valence-corrected chi connectivity index (χ0v) is 12.2. The Labute approximate surface area is 127 Å². The first kappa shape index (κ1) is 14.3. The maximum Gasteiger partial charge on any atom is 0.410 e. The number of carboxylic acid groups (broad SMARTS) is 1. The number of hydrogen-bond donors (Lipinski definition) is 1. The molecule has 1 atom stereocenters. The normalized spacial score (nSPS) is 16.6. The molecule has 6 nitrogen and oxygen atoms in total. The number of fused-ring (bicyclic) bond motifs is 2. The molecule has 1 aliphatic rings. The molecule has 1 N–H and O–H groups in total. The number of ether oxygens (including phenoxy) is 1. The molecule has 1 amide bonds. The Bertz CT molecular complexity index is 744. The van der Waals surface area contributed by atoms with Crippen molar-refractivity contribution >= 4 is 23.0 Å². The van der Waals surface area contributed by atoms with Crippen molar-refractivity contribution in [1.82, 2.24) is 9.88 Å². The van der Waals surface area contributed by atoms with Gasteiger partial charge in [-0.15, -0.1) is 0 Å². The second-order valence-electron chi connectivity index (χ2n) is 5.17. The molecule has 1 aromatic carbocycles. The molecule has 0 spiro atoms. The third kappa shape index (κ3) is 2.47. The number of para-hydroxylation sites is 1. The summed E-state index contributed by atoms with van der Waals surface area (Å²) in [4.78, 5) is 29.2. The molecule has 0 unspecified atom stereocenters. The van der Waals surface area contributed by atoms with Gasteiger partial charge in [-0.2, -0.15) is 0 Å². The smallest absolute Gasteiger partial charge is 0.410 e. The van der Waals surface area contributed by atoms with Crippen molar-refractivity contribution in [2.45, 2.75) is 25.9 Å². The van der Waals surface area contributed by atoms with Crippen LogP contribution in [0.4, 0.5) is 4.79 Å². The number of benzene rings is 1. The number of nitrogens with zero attached hydrogens (tertiary/aromatic N) is 2. The van der Waals surface area contributed by atoms with Crippen LogP contribution in [0.3, 0.4) is 0 Å². The number of hydrogen-bond acceptors (Lipinski definition) is 4. The van der Waals surface area contributed by atoms with Crippen LogP contribution in [-0.2, 0) is 16.1 Å². The SMILES string of the molecule is CCOC(=O)N1Cc2cc3ccccc3nc2[C@H]1CC(=O)O. The molecule has 6 heteroatoms. The van der Waals surface area contributed by atoms with Crippen LogP contribution in [-0.4, -0.2) is 33.7 Å². The van der Waals surface area contributed by atoms with E-state index in [1.807, 2.05) is 30.3 Å². The summed E-state index contributed by atoms with van der Waals surface area (Å²) in [5, 5.41) is 10.1. The van der Waals surface area contributed by atoms with E-state index in [1.165, 1.54) is 4.90 Å². The lowest BCUT2D eigenvalue weighted by molar-refractivity contribution is -0.138. The zero-order chi connectivity index (χ0) is 15.7. The molecule has 0 aliphatic carbocycles. The molecule has 0 saturated heterocycles. The number of rotatable bonds is 3. The highest BCUT2D eigenvalue weighted by atomic mass is 16.6. The summed E-state index contributed by atoms with van der Waals surface area (Å²) in [7, 11) is 0. The number of amides is 1. The Morgan fingerprint density at radius 1 is 1.41 bits per heavy atom. The first-order chi connectivity index (χ1) is 10.6. The average molecular weight is 300 g/mol. The van der Waals surface area contributed by atoms with E-state index in [0.717, 1.165) is 16.5 Å². The first-order valence-corrected chi connectivity index (χ1v) is 7.14. The zero-order valence-electron chi connectivity index (χ0n) is 12.2. The van der Waals surface area contributed by atoms with E-state index >= 15 is 0 Å². The van der Waals surface area contributed by atoms with Crippen LogP contribution in [0.15, 0.2) is 30.3 Å². The highest BCUT2D eigenvalue weighted by Gasteiger charge is 2.37. The van der Waals surface area contributed by atoms with Gasteiger partial charge in [-0.1, -0.05) is 18.2 Å². The maximum atomic E-state index is 12.1. The van der Waals surface area contributed by atoms with E-state index in [0.29, 0.717) is 12.2 Å². The summed E-state index contributed by atoms with van der Waals surface area (Å²) in [5.41, 5.74) is 2.31. The predicted molar refractivity (Wildman–Crippen MR) is 79.3 cm³/mol. The van der Waals surface area contributed by atoms with Crippen LogP contribution >= 0.6 is 0 Å². The van der Waals surface area contributed by atoms with Gasteiger partial charge in [0.2, 0.25) is 0 Å². The molecule has 0 fully saturated rings. The van der Waals surface area contributed by atoms with Crippen molar-refractivity contribution in [2.24, 2.45) is 0 Å². The molecule has 3 rings (SSSR count). The fourth-order valence-corrected chi connectivity index (χ4v) is 2.80. The summed E-state index contributed by atoms with van der Waals surface area (Å²) in [6.45, 7) is 2.30. The molecule has 0 saturated carbocycles. The van der Waals surface area contributed by atoms with E-state index in [2.05, 4.69) is 4.98 Å². The van der Waals surface area contributed by atoms with Crippen LogP contribution in [0.1, 0.15) is 30.6 Å². The van der Waals surface area contributed by atoms with Crippen LogP contribution in [0.2, 0.25) is 0 Å². The summed E-state index contributed by atoms with van der Waals surface area (Å²) < 4.78 is 5.03. The Kier molecular flexibility index (Phi) is 3.66. The fourth-order valence-electron chi connectivity index (χ4n) is 2.80. The summed E-state index contributed by atoms with van der Waals surface area (Å²) >= 11 is 0. The van der Waals surface area contributed by atoms with Crippen molar-refractivity contribution in [3.05, 3.63) is 41.6 Å². The summed E-state index contributed by atoms with van der Waals surface area (Å²) in [6, 6.07) is 9.00. The number of pyridine rings is 1. The number of carbonyl (C=O) groups is 2. The predicted octanol–water partition coefficient (Wildman–Crippen LogP) is 2.72. The number of aliphatic carboxylic acids is 1.